The quantitative estimate of drug-likeness (QED) is 0.855. The number of carbonyl (C=O) groups is 2. The molecule has 1 aliphatic carbocycles. The second-order valence-electron chi connectivity index (χ2n) is 5.17. The fourth-order valence-corrected chi connectivity index (χ4v) is 2.43. The van der Waals surface area contributed by atoms with Gasteiger partial charge in [0.2, 0.25) is 5.91 Å². The second-order valence-corrected chi connectivity index (χ2v) is 6.09. The largest absolute Gasteiger partial charge is 0.352 e. The smallest absolute Gasteiger partial charge is 0.313 e. The molecule has 0 saturated heterocycles. The van der Waals surface area contributed by atoms with Crippen LogP contribution >= 0.6 is 15.9 Å². The van der Waals surface area contributed by atoms with Crippen LogP contribution in [0.15, 0.2) is 28.7 Å². The summed E-state index contributed by atoms with van der Waals surface area (Å²) < 4.78 is 1.04. The number of hydrogen-bond acceptors (Lipinski definition) is 2. The Hall–Kier alpha value is -1.56. The molecule has 1 aromatic carbocycles. The predicted molar refractivity (Wildman–Crippen MR) is 80.2 cm³/mol. The summed E-state index contributed by atoms with van der Waals surface area (Å²) in [4.78, 5) is 24.9. The van der Waals surface area contributed by atoms with Crippen molar-refractivity contribution in [2.75, 3.05) is 13.6 Å². The lowest BCUT2D eigenvalue weighted by molar-refractivity contribution is -0.132. The maximum absolute atomic E-state index is 12.3. The predicted octanol–water partition coefficient (Wildman–Crippen LogP) is 1.65. The summed E-state index contributed by atoms with van der Waals surface area (Å²) >= 11 is 3.39. The van der Waals surface area contributed by atoms with Crippen LogP contribution in [0.5, 0.6) is 0 Å². The topological polar surface area (TPSA) is 75.4 Å². The van der Waals surface area contributed by atoms with E-state index >= 15 is 0 Å². The molecule has 0 radical (unpaired) electrons. The van der Waals surface area contributed by atoms with E-state index in [1.54, 1.807) is 11.9 Å². The highest BCUT2D eigenvalue weighted by molar-refractivity contribution is 9.10. The van der Waals surface area contributed by atoms with Gasteiger partial charge in [-0.3, -0.25) is 4.79 Å². The molecule has 3 amide bonds. The molecule has 0 aliphatic heterocycles. The molecular weight excluding hydrogens is 322 g/mol. The number of hydrogen-bond donors (Lipinski definition) is 2. The molecule has 2 rings (SSSR count). The number of nitrogens with two attached hydrogens (primary N) is 1. The van der Waals surface area contributed by atoms with Crippen molar-refractivity contribution < 1.29 is 9.59 Å². The van der Waals surface area contributed by atoms with Gasteiger partial charge in [0, 0.05) is 18.1 Å². The molecule has 0 spiro atoms. The van der Waals surface area contributed by atoms with Gasteiger partial charge < -0.3 is 16.0 Å². The monoisotopic (exact) mass is 339 g/mol. The summed E-state index contributed by atoms with van der Waals surface area (Å²) in [6, 6.07) is 7.37. The minimum Gasteiger partial charge on any atom is -0.352 e. The summed E-state index contributed by atoms with van der Waals surface area (Å²) in [5.41, 5.74) is 5.53. The maximum atomic E-state index is 12.3. The van der Waals surface area contributed by atoms with Crippen LogP contribution in [0.25, 0.3) is 0 Å². The minimum absolute atomic E-state index is 0.0617. The Kier molecular flexibility index (Phi) is 4.32. The van der Waals surface area contributed by atoms with Crippen molar-refractivity contribution in [3.8, 4) is 0 Å². The van der Waals surface area contributed by atoms with Crippen molar-refractivity contribution in [1.29, 1.82) is 0 Å². The van der Waals surface area contributed by atoms with E-state index in [0.29, 0.717) is 19.4 Å². The molecule has 0 heterocycles. The van der Waals surface area contributed by atoms with Crippen molar-refractivity contribution in [2.24, 2.45) is 5.73 Å². The Labute approximate surface area is 126 Å². The summed E-state index contributed by atoms with van der Waals surface area (Å²) in [6.45, 7) is 0.614. The molecule has 0 unspecified atom stereocenters. The Morgan fingerprint density at radius 2 is 1.95 bits per heavy atom. The molecule has 20 heavy (non-hydrogen) atoms. The number of amides is 3. The fraction of sp³-hybridized carbons (Fsp3) is 0.429. The van der Waals surface area contributed by atoms with Crippen molar-refractivity contribution in [3.63, 3.8) is 0 Å². The van der Waals surface area contributed by atoms with E-state index in [2.05, 4.69) is 21.2 Å². The van der Waals surface area contributed by atoms with Gasteiger partial charge in [0.1, 0.15) is 5.54 Å². The number of rotatable bonds is 5. The lowest BCUT2D eigenvalue weighted by Crippen LogP contribution is -2.51. The lowest BCUT2D eigenvalue weighted by Gasteiger charge is -2.23. The number of halogens is 1. The van der Waals surface area contributed by atoms with E-state index in [-0.39, 0.29) is 5.91 Å². The van der Waals surface area contributed by atoms with Crippen LogP contribution < -0.4 is 11.1 Å². The van der Waals surface area contributed by atoms with Gasteiger partial charge in [-0.25, -0.2) is 4.79 Å². The lowest BCUT2D eigenvalue weighted by atomic mass is 10.1. The zero-order valence-electron chi connectivity index (χ0n) is 11.4. The van der Waals surface area contributed by atoms with E-state index in [9.17, 15) is 9.59 Å². The van der Waals surface area contributed by atoms with Crippen LogP contribution in [0.4, 0.5) is 4.79 Å². The van der Waals surface area contributed by atoms with E-state index in [1.165, 1.54) is 5.56 Å². The van der Waals surface area contributed by atoms with Crippen molar-refractivity contribution in [1.82, 2.24) is 10.2 Å². The zero-order chi connectivity index (χ0) is 14.8. The van der Waals surface area contributed by atoms with Gasteiger partial charge in [0.25, 0.3) is 0 Å². The van der Waals surface area contributed by atoms with E-state index < -0.39 is 11.6 Å². The third-order valence-corrected chi connectivity index (χ3v) is 4.05. The van der Waals surface area contributed by atoms with Crippen molar-refractivity contribution >= 4 is 27.9 Å². The van der Waals surface area contributed by atoms with Crippen LogP contribution in [0.2, 0.25) is 0 Å². The molecule has 1 saturated carbocycles. The first-order valence-electron chi connectivity index (χ1n) is 6.50. The maximum Gasteiger partial charge on any atom is 0.313 e. The standard InChI is InChI=1S/C14H18BrN3O2/c1-18(9-6-10-2-4-11(15)5-3-10)12(19)14(7-8-14)17-13(16)20/h2-5H,6-9H2,1H3,(H3,16,17,20). The van der Waals surface area contributed by atoms with Crippen LogP contribution in [0, 0.1) is 0 Å². The zero-order valence-corrected chi connectivity index (χ0v) is 12.9. The van der Waals surface area contributed by atoms with Gasteiger partial charge in [0.05, 0.1) is 0 Å². The number of urea groups is 1. The van der Waals surface area contributed by atoms with Crippen molar-refractivity contribution in [2.45, 2.75) is 24.8 Å². The number of nitrogens with one attached hydrogen (secondary N) is 1. The Balaban J connectivity index is 1.88. The first-order chi connectivity index (χ1) is 9.43. The molecule has 0 aromatic heterocycles. The number of nitrogens with zero attached hydrogens (tertiary/aromatic N) is 1. The molecule has 3 N–H and O–H groups in total. The van der Waals surface area contributed by atoms with Crippen LogP contribution in [-0.2, 0) is 11.2 Å². The number of likely N-dealkylation sites (N-methyl/N-ethyl adjacent to an activating group) is 1. The molecule has 1 aliphatic rings. The minimum atomic E-state index is -0.750. The molecule has 5 nitrogen and oxygen atoms in total. The Bertz CT molecular complexity index is 512. The van der Waals surface area contributed by atoms with Crippen LogP contribution in [-0.4, -0.2) is 36.0 Å². The normalized spacial score (nSPS) is 15.5. The van der Waals surface area contributed by atoms with Gasteiger partial charge in [-0.05, 0) is 37.0 Å². The number of benzene rings is 1. The second kappa shape index (κ2) is 5.83. The average Bonchev–Trinajstić information content (AvgIpc) is 3.17. The summed E-state index contributed by atoms with van der Waals surface area (Å²) in [5, 5.41) is 2.56. The molecular formula is C14H18BrN3O2. The summed E-state index contributed by atoms with van der Waals surface area (Å²) in [7, 11) is 1.75. The Morgan fingerprint density at radius 3 is 2.45 bits per heavy atom. The van der Waals surface area contributed by atoms with Crippen LogP contribution in [0.3, 0.4) is 0 Å². The fourth-order valence-electron chi connectivity index (χ4n) is 2.17. The molecule has 0 atom stereocenters. The average molecular weight is 340 g/mol. The summed E-state index contributed by atoms with van der Waals surface area (Å²) in [6.07, 6.45) is 2.11. The highest BCUT2D eigenvalue weighted by Gasteiger charge is 2.52. The van der Waals surface area contributed by atoms with Gasteiger partial charge in [-0.2, -0.15) is 0 Å². The van der Waals surface area contributed by atoms with Gasteiger partial charge in [0.15, 0.2) is 0 Å². The van der Waals surface area contributed by atoms with Gasteiger partial charge in [-0.15, -0.1) is 0 Å². The molecule has 1 aromatic rings. The van der Waals surface area contributed by atoms with E-state index in [0.717, 1.165) is 10.9 Å². The number of carbonyl (C=O) groups excluding carboxylic acids is 2. The first-order valence-corrected chi connectivity index (χ1v) is 7.30. The SMILES string of the molecule is CN(CCc1ccc(Br)cc1)C(=O)C1(NC(N)=O)CC1. The number of primary amides is 1. The third-order valence-electron chi connectivity index (χ3n) is 3.52. The van der Waals surface area contributed by atoms with Gasteiger partial charge in [-0.1, -0.05) is 28.1 Å². The first kappa shape index (κ1) is 14.8. The van der Waals surface area contributed by atoms with E-state index in [1.807, 2.05) is 24.3 Å². The molecule has 6 heteroatoms. The molecule has 0 bridgehead atoms. The highest BCUT2D eigenvalue weighted by Crippen LogP contribution is 2.36. The molecule has 108 valence electrons. The highest BCUT2D eigenvalue weighted by atomic mass is 79.9. The van der Waals surface area contributed by atoms with Gasteiger partial charge >= 0.3 is 6.03 Å². The van der Waals surface area contributed by atoms with Crippen LogP contribution in [0.1, 0.15) is 18.4 Å². The third kappa shape index (κ3) is 3.50. The van der Waals surface area contributed by atoms with E-state index in [4.69, 9.17) is 5.73 Å². The summed E-state index contributed by atoms with van der Waals surface area (Å²) in [5.74, 6) is -0.0617. The molecule has 1 fully saturated rings. The Morgan fingerprint density at radius 1 is 1.35 bits per heavy atom. The van der Waals surface area contributed by atoms with Crippen molar-refractivity contribution in [3.05, 3.63) is 34.3 Å².